The highest BCUT2D eigenvalue weighted by atomic mass is 16.5. The maximum absolute atomic E-state index is 12.4. The number of rotatable bonds is 1. The molecule has 0 saturated carbocycles. The van der Waals surface area contributed by atoms with Gasteiger partial charge in [0.1, 0.15) is 0 Å². The average Bonchev–Trinajstić information content (AvgIpc) is 2.58. The zero-order chi connectivity index (χ0) is 15.1. The van der Waals surface area contributed by atoms with Gasteiger partial charge in [0.05, 0.1) is 22.3 Å². The summed E-state index contributed by atoms with van der Waals surface area (Å²) in [6.45, 7) is 0. The minimum absolute atomic E-state index is 0.381. The molecule has 0 amide bonds. The second-order valence-electron chi connectivity index (χ2n) is 5.12. The molecule has 4 heteroatoms. The Morgan fingerprint density at radius 1 is 0.864 bits per heavy atom. The molecule has 0 spiro atoms. The summed E-state index contributed by atoms with van der Waals surface area (Å²) in [7, 11) is 0. The number of fused-ring (bicyclic) bond motifs is 2. The zero-order valence-electron chi connectivity index (χ0n) is 11.6. The van der Waals surface area contributed by atoms with Gasteiger partial charge in [-0.05, 0) is 24.3 Å². The Balaban J connectivity index is 2.03. The summed E-state index contributed by atoms with van der Waals surface area (Å²) < 4.78 is 0.682. The molecule has 4 rings (SSSR count). The first-order valence-corrected chi connectivity index (χ1v) is 6.94. The van der Waals surface area contributed by atoms with Crippen LogP contribution >= 0.6 is 0 Å². The molecule has 2 heterocycles. The molecule has 0 fully saturated rings. The summed E-state index contributed by atoms with van der Waals surface area (Å²) in [6, 6.07) is 20.4. The Labute approximate surface area is 125 Å². The molecule has 22 heavy (non-hydrogen) atoms. The van der Waals surface area contributed by atoms with Gasteiger partial charge in [-0.15, -0.1) is 4.73 Å². The van der Waals surface area contributed by atoms with Crippen LogP contribution in [-0.2, 0) is 0 Å². The van der Waals surface area contributed by atoms with E-state index in [4.69, 9.17) is 0 Å². The van der Waals surface area contributed by atoms with Crippen molar-refractivity contribution in [2.24, 2.45) is 0 Å². The number of benzene rings is 2. The lowest BCUT2D eigenvalue weighted by molar-refractivity contribution is 0.189. The van der Waals surface area contributed by atoms with Crippen molar-refractivity contribution in [3.63, 3.8) is 0 Å². The quantitative estimate of drug-likeness (QED) is 0.546. The standard InChI is InChI=1S/C18H12N2O2/c21-18-14(11-13-6-2-4-8-17(13)20(18)22)16-10-9-12-5-1-3-7-15(12)19-16/h1-11,22H. The van der Waals surface area contributed by atoms with Crippen LogP contribution in [0.1, 0.15) is 0 Å². The summed E-state index contributed by atoms with van der Waals surface area (Å²) in [4.78, 5) is 16.9. The molecule has 4 aromatic rings. The number of aromatic nitrogens is 2. The third kappa shape index (κ3) is 1.85. The number of para-hydroxylation sites is 2. The van der Waals surface area contributed by atoms with Crippen LogP contribution in [0.5, 0.6) is 0 Å². The monoisotopic (exact) mass is 288 g/mol. The average molecular weight is 288 g/mol. The van der Waals surface area contributed by atoms with Gasteiger partial charge in [-0.1, -0.05) is 42.5 Å². The largest absolute Gasteiger partial charge is 0.425 e. The summed E-state index contributed by atoms with van der Waals surface area (Å²) in [5, 5.41) is 11.9. The predicted molar refractivity (Wildman–Crippen MR) is 86.1 cm³/mol. The van der Waals surface area contributed by atoms with Crippen molar-refractivity contribution in [1.29, 1.82) is 0 Å². The maximum atomic E-state index is 12.4. The lowest BCUT2D eigenvalue weighted by Crippen LogP contribution is -2.20. The fourth-order valence-corrected chi connectivity index (χ4v) is 2.64. The van der Waals surface area contributed by atoms with Crippen LogP contribution in [0, 0.1) is 0 Å². The second kappa shape index (κ2) is 4.70. The van der Waals surface area contributed by atoms with E-state index in [1.54, 1.807) is 24.3 Å². The Hall–Kier alpha value is -3.14. The third-order valence-electron chi connectivity index (χ3n) is 3.76. The molecule has 2 aromatic heterocycles. The smallest absolute Gasteiger partial charge is 0.292 e. The SMILES string of the molecule is O=c1c(-c2ccc3ccccc3n2)cc2ccccc2n1O. The van der Waals surface area contributed by atoms with Gasteiger partial charge in [0, 0.05) is 10.8 Å². The fraction of sp³-hybridized carbons (Fsp3) is 0. The lowest BCUT2D eigenvalue weighted by atomic mass is 10.1. The van der Waals surface area contributed by atoms with Gasteiger partial charge in [-0.25, -0.2) is 4.98 Å². The lowest BCUT2D eigenvalue weighted by Gasteiger charge is -2.07. The van der Waals surface area contributed by atoms with Crippen molar-refractivity contribution in [2.45, 2.75) is 0 Å². The van der Waals surface area contributed by atoms with Gasteiger partial charge in [0.2, 0.25) is 0 Å². The summed E-state index contributed by atoms with van der Waals surface area (Å²) >= 11 is 0. The van der Waals surface area contributed by atoms with Crippen molar-refractivity contribution < 1.29 is 5.21 Å². The first kappa shape index (κ1) is 12.6. The van der Waals surface area contributed by atoms with E-state index >= 15 is 0 Å². The van der Waals surface area contributed by atoms with Gasteiger partial charge in [0.15, 0.2) is 0 Å². The summed E-state index contributed by atoms with van der Waals surface area (Å²) in [5.74, 6) is 0. The van der Waals surface area contributed by atoms with Crippen LogP contribution < -0.4 is 5.56 Å². The highest BCUT2D eigenvalue weighted by Crippen LogP contribution is 2.21. The molecule has 0 aliphatic carbocycles. The molecule has 4 nitrogen and oxygen atoms in total. The normalized spacial score (nSPS) is 11.1. The molecule has 0 saturated heterocycles. The Kier molecular flexibility index (Phi) is 2.69. The van der Waals surface area contributed by atoms with Crippen LogP contribution in [0.3, 0.4) is 0 Å². The van der Waals surface area contributed by atoms with E-state index in [2.05, 4.69) is 4.98 Å². The van der Waals surface area contributed by atoms with Crippen molar-refractivity contribution in [2.75, 3.05) is 0 Å². The highest BCUT2D eigenvalue weighted by molar-refractivity contribution is 5.85. The molecular formula is C18H12N2O2. The first-order chi connectivity index (χ1) is 10.7. The molecule has 106 valence electrons. The van der Waals surface area contributed by atoms with Crippen molar-refractivity contribution in [1.82, 2.24) is 9.71 Å². The second-order valence-corrected chi connectivity index (χ2v) is 5.12. The number of pyridine rings is 2. The highest BCUT2D eigenvalue weighted by Gasteiger charge is 2.11. The Morgan fingerprint density at radius 2 is 1.59 bits per heavy atom. The zero-order valence-corrected chi connectivity index (χ0v) is 11.6. The van der Waals surface area contributed by atoms with Crippen molar-refractivity contribution in [3.05, 3.63) is 77.1 Å². The first-order valence-electron chi connectivity index (χ1n) is 6.94. The van der Waals surface area contributed by atoms with E-state index in [1.165, 1.54) is 0 Å². The van der Waals surface area contributed by atoms with Crippen molar-refractivity contribution >= 4 is 21.8 Å². The molecule has 0 radical (unpaired) electrons. The van der Waals surface area contributed by atoms with Crippen LogP contribution in [0.15, 0.2) is 71.5 Å². The van der Waals surface area contributed by atoms with Crippen LogP contribution in [0.25, 0.3) is 33.1 Å². The molecule has 0 bridgehead atoms. The van der Waals surface area contributed by atoms with Gasteiger partial charge >= 0.3 is 0 Å². The van der Waals surface area contributed by atoms with E-state index in [-0.39, 0.29) is 0 Å². The molecule has 1 N–H and O–H groups in total. The van der Waals surface area contributed by atoms with E-state index < -0.39 is 5.56 Å². The van der Waals surface area contributed by atoms with Crippen LogP contribution in [-0.4, -0.2) is 14.9 Å². The van der Waals surface area contributed by atoms with Gasteiger partial charge in [-0.3, -0.25) is 4.79 Å². The van der Waals surface area contributed by atoms with Crippen molar-refractivity contribution in [3.8, 4) is 11.3 Å². The van der Waals surface area contributed by atoms with Crippen LogP contribution in [0.4, 0.5) is 0 Å². The fourth-order valence-electron chi connectivity index (χ4n) is 2.64. The van der Waals surface area contributed by atoms with Gasteiger partial charge in [-0.2, -0.15) is 0 Å². The molecule has 0 aliphatic heterocycles. The summed E-state index contributed by atoms with van der Waals surface area (Å²) in [5.41, 5.74) is 1.76. The van der Waals surface area contributed by atoms with Gasteiger partial charge in [0.25, 0.3) is 5.56 Å². The Morgan fingerprint density at radius 3 is 2.45 bits per heavy atom. The maximum Gasteiger partial charge on any atom is 0.292 e. The summed E-state index contributed by atoms with van der Waals surface area (Å²) in [6.07, 6.45) is 0. The van der Waals surface area contributed by atoms with E-state index in [0.29, 0.717) is 21.5 Å². The molecule has 0 atom stereocenters. The number of hydrogen-bond acceptors (Lipinski definition) is 3. The molecular weight excluding hydrogens is 276 g/mol. The molecule has 0 aliphatic rings. The Bertz CT molecular complexity index is 1070. The topological polar surface area (TPSA) is 55.1 Å². The molecule has 2 aromatic carbocycles. The third-order valence-corrected chi connectivity index (χ3v) is 3.76. The minimum atomic E-state index is -0.471. The van der Waals surface area contributed by atoms with Gasteiger partial charge < -0.3 is 5.21 Å². The predicted octanol–water partition coefficient (Wildman–Crippen LogP) is 3.45. The van der Waals surface area contributed by atoms with E-state index in [9.17, 15) is 10.0 Å². The number of hydrogen-bond donors (Lipinski definition) is 1. The minimum Gasteiger partial charge on any atom is -0.425 e. The van der Waals surface area contributed by atoms with Crippen LogP contribution in [0.2, 0.25) is 0 Å². The van der Waals surface area contributed by atoms with E-state index in [0.717, 1.165) is 16.3 Å². The van der Waals surface area contributed by atoms with E-state index in [1.807, 2.05) is 42.5 Å². The molecule has 0 unspecified atom stereocenters. The number of nitrogens with zero attached hydrogens (tertiary/aromatic N) is 2.